The minimum Gasteiger partial charge on any atom is -0.456 e. The molecule has 136 valence electrons. The molecule has 0 saturated carbocycles. The van der Waals surface area contributed by atoms with Gasteiger partial charge in [-0.15, -0.1) is 0 Å². The summed E-state index contributed by atoms with van der Waals surface area (Å²) >= 11 is 0. The van der Waals surface area contributed by atoms with Gasteiger partial charge in [0.05, 0.1) is 0 Å². The van der Waals surface area contributed by atoms with E-state index in [-0.39, 0.29) is 0 Å². The number of hydrogen-bond acceptors (Lipinski definition) is 4. The van der Waals surface area contributed by atoms with Crippen LogP contribution in [0.5, 0.6) is 0 Å². The maximum Gasteiger partial charge on any atom is 0.137 e. The van der Waals surface area contributed by atoms with E-state index in [1.165, 1.54) is 12.8 Å². The van der Waals surface area contributed by atoms with Crippen molar-refractivity contribution >= 4 is 27.4 Å². The summed E-state index contributed by atoms with van der Waals surface area (Å²) in [6, 6.07) is 16.7. The first-order chi connectivity index (χ1) is 13.4. The van der Waals surface area contributed by atoms with Crippen molar-refractivity contribution in [3.05, 3.63) is 60.9 Å². The summed E-state index contributed by atoms with van der Waals surface area (Å²) in [5.74, 6) is 1.56. The second-order valence-electron chi connectivity index (χ2n) is 7.36. The van der Waals surface area contributed by atoms with Gasteiger partial charge in [0.1, 0.15) is 11.3 Å². The van der Waals surface area contributed by atoms with E-state index < -0.39 is 0 Å². The molecule has 0 amide bonds. The van der Waals surface area contributed by atoms with Crippen molar-refractivity contribution in [2.75, 3.05) is 25.0 Å². The highest BCUT2D eigenvalue weighted by Crippen LogP contribution is 2.33. The maximum absolute atomic E-state index is 6.09. The van der Waals surface area contributed by atoms with Crippen LogP contribution in [0.25, 0.3) is 33.1 Å². The number of nitrogens with zero attached hydrogens (tertiary/aromatic N) is 1. The maximum atomic E-state index is 6.09. The fourth-order valence-electron chi connectivity index (χ4n) is 3.95. The lowest BCUT2D eigenvalue weighted by atomic mass is 9.99. The van der Waals surface area contributed by atoms with Crippen LogP contribution in [0, 0.1) is 5.92 Å². The van der Waals surface area contributed by atoms with Gasteiger partial charge in [-0.1, -0.05) is 24.3 Å². The molecule has 0 spiro atoms. The Morgan fingerprint density at radius 3 is 2.93 bits per heavy atom. The average Bonchev–Trinajstić information content (AvgIpc) is 3.16. The van der Waals surface area contributed by atoms with Crippen LogP contribution in [0.2, 0.25) is 0 Å². The van der Waals surface area contributed by atoms with E-state index >= 15 is 0 Å². The Morgan fingerprint density at radius 1 is 1.07 bits per heavy atom. The van der Waals surface area contributed by atoms with Crippen LogP contribution in [-0.4, -0.2) is 24.6 Å². The average molecular weight is 357 g/mol. The molecule has 2 aromatic carbocycles. The number of fused-ring (bicyclic) bond motifs is 2. The van der Waals surface area contributed by atoms with E-state index in [2.05, 4.69) is 45.9 Å². The Morgan fingerprint density at radius 2 is 2.04 bits per heavy atom. The quantitative estimate of drug-likeness (QED) is 0.536. The molecule has 4 heteroatoms. The van der Waals surface area contributed by atoms with Crippen molar-refractivity contribution in [3.8, 4) is 11.3 Å². The van der Waals surface area contributed by atoms with Gasteiger partial charge in [-0.3, -0.25) is 4.98 Å². The minimum absolute atomic E-state index is 0.696. The molecular formula is C23H23N3O. The number of para-hydroxylation sites is 1. The van der Waals surface area contributed by atoms with Gasteiger partial charge in [-0.05, 0) is 61.5 Å². The molecule has 2 aromatic heterocycles. The summed E-state index contributed by atoms with van der Waals surface area (Å²) < 4.78 is 6.09. The molecule has 27 heavy (non-hydrogen) atoms. The summed E-state index contributed by atoms with van der Waals surface area (Å²) in [5.41, 5.74) is 3.09. The van der Waals surface area contributed by atoms with Crippen LogP contribution in [0.1, 0.15) is 12.8 Å². The topological polar surface area (TPSA) is 50.1 Å². The Balaban J connectivity index is 1.48. The molecule has 3 heterocycles. The third-order valence-corrected chi connectivity index (χ3v) is 5.45. The Hall–Kier alpha value is -2.85. The highest BCUT2D eigenvalue weighted by Gasteiger charge is 2.14. The van der Waals surface area contributed by atoms with Crippen molar-refractivity contribution in [2.45, 2.75) is 12.8 Å². The second kappa shape index (κ2) is 7.05. The van der Waals surface area contributed by atoms with Gasteiger partial charge in [0.2, 0.25) is 0 Å². The first kappa shape index (κ1) is 16.3. The summed E-state index contributed by atoms with van der Waals surface area (Å²) in [6.45, 7) is 3.26. The van der Waals surface area contributed by atoms with Gasteiger partial charge in [-0.25, -0.2) is 0 Å². The lowest BCUT2D eigenvalue weighted by Crippen LogP contribution is -2.33. The number of pyridine rings is 1. The van der Waals surface area contributed by atoms with Crippen LogP contribution in [0.4, 0.5) is 5.69 Å². The van der Waals surface area contributed by atoms with E-state index in [4.69, 9.17) is 4.42 Å². The summed E-state index contributed by atoms with van der Waals surface area (Å²) in [6.07, 6.45) is 6.37. The molecule has 4 nitrogen and oxygen atoms in total. The molecule has 4 aromatic rings. The van der Waals surface area contributed by atoms with Gasteiger partial charge in [0.25, 0.3) is 0 Å². The Bertz CT molecular complexity index is 1050. The van der Waals surface area contributed by atoms with Crippen molar-refractivity contribution in [1.29, 1.82) is 0 Å². The van der Waals surface area contributed by atoms with Crippen LogP contribution < -0.4 is 10.6 Å². The molecule has 5 rings (SSSR count). The van der Waals surface area contributed by atoms with Gasteiger partial charge in [0, 0.05) is 41.0 Å². The standard InChI is InChI=1S/C23H23N3O/c1-2-6-22-17(5-1)10-23(27-22)21-15-25-14-18-7-8-19(11-20(18)21)26-13-16-4-3-9-24-12-16/h1-2,5-8,10-11,14-16,24,26H,3-4,9,12-13H2. The third kappa shape index (κ3) is 3.28. The van der Waals surface area contributed by atoms with E-state index in [1.807, 2.05) is 30.6 Å². The summed E-state index contributed by atoms with van der Waals surface area (Å²) in [5, 5.41) is 10.5. The molecule has 1 saturated heterocycles. The zero-order chi connectivity index (χ0) is 18.1. The van der Waals surface area contributed by atoms with Crippen molar-refractivity contribution in [3.63, 3.8) is 0 Å². The molecule has 1 aliphatic rings. The van der Waals surface area contributed by atoms with E-state index in [9.17, 15) is 0 Å². The summed E-state index contributed by atoms with van der Waals surface area (Å²) in [4.78, 5) is 4.42. The van der Waals surface area contributed by atoms with Crippen LogP contribution in [-0.2, 0) is 0 Å². The molecule has 1 unspecified atom stereocenters. The fourth-order valence-corrected chi connectivity index (χ4v) is 3.95. The first-order valence-electron chi connectivity index (χ1n) is 9.68. The third-order valence-electron chi connectivity index (χ3n) is 5.45. The molecule has 1 aliphatic heterocycles. The molecule has 0 bridgehead atoms. The summed E-state index contributed by atoms with van der Waals surface area (Å²) in [7, 11) is 0. The highest BCUT2D eigenvalue weighted by atomic mass is 16.3. The van der Waals surface area contributed by atoms with Crippen LogP contribution in [0.15, 0.2) is 65.3 Å². The Labute approximate surface area is 158 Å². The number of hydrogen-bond donors (Lipinski definition) is 2. The molecular weight excluding hydrogens is 334 g/mol. The minimum atomic E-state index is 0.696. The van der Waals surface area contributed by atoms with Crippen LogP contribution in [0.3, 0.4) is 0 Å². The molecule has 1 fully saturated rings. The monoisotopic (exact) mass is 357 g/mol. The molecule has 2 N–H and O–H groups in total. The molecule has 0 aliphatic carbocycles. The second-order valence-corrected chi connectivity index (χ2v) is 7.36. The van der Waals surface area contributed by atoms with Crippen molar-refractivity contribution in [1.82, 2.24) is 10.3 Å². The number of rotatable bonds is 4. The largest absolute Gasteiger partial charge is 0.456 e. The zero-order valence-electron chi connectivity index (χ0n) is 15.2. The lowest BCUT2D eigenvalue weighted by Gasteiger charge is -2.23. The van der Waals surface area contributed by atoms with E-state index in [0.717, 1.165) is 58.4 Å². The number of nitrogens with one attached hydrogen (secondary N) is 2. The predicted molar refractivity (Wildman–Crippen MR) is 111 cm³/mol. The fraction of sp³-hybridized carbons (Fsp3) is 0.261. The predicted octanol–water partition coefficient (Wildman–Crippen LogP) is 5.06. The number of piperidine rings is 1. The van der Waals surface area contributed by atoms with E-state index in [1.54, 1.807) is 0 Å². The number of benzene rings is 2. The van der Waals surface area contributed by atoms with Gasteiger partial charge in [-0.2, -0.15) is 0 Å². The SMILES string of the molecule is c1ccc2oc(-c3cncc4ccc(NCC5CCCNC5)cc34)cc2c1. The zero-order valence-corrected chi connectivity index (χ0v) is 15.2. The molecule has 1 atom stereocenters. The normalized spacial score (nSPS) is 17.4. The van der Waals surface area contributed by atoms with Crippen LogP contribution >= 0.6 is 0 Å². The lowest BCUT2D eigenvalue weighted by molar-refractivity contribution is 0.393. The van der Waals surface area contributed by atoms with Gasteiger partial charge in [0.15, 0.2) is 0 Å². The Kier molecular flexibility index (Phi) is 4.26. The highest BCUT2D eigenvalue weighted by molar-refractivity contribution is 5.98. The van der Waals surface area contributed by atoms with Crippen molar-refractivity contribution in [2.24, 2.45) is 5.92 Å². The smallest absolute Gasteiger partial charge is 0.137 e. The van der Waals surface area contributed by atoms with E-state index in [0.29, 0.717) is 5.92 Å². The van der Waals surface area contributed by atoms with Gasteiger partial charge < -0.3 is 15.1 Å². The van der Waals surface area contributed by atoms with Crippen molar-refractivity contribution < 1.29 is 4.42 Å². The number of aromatic nitrogens is 1. The number of anilines is 1. The first-order valence-corrected chi connectivity index (χ1v) is 9.68. The molecule has 0 radical (unpaired) electrons. The van der Waals surface area contributed by atoms with Gasteiger partial charge >= 0.3 is 0 Å². The number of furan rings is 1.